The molecule has 5 heteroatoms. The maximum atomic E-state index is 13.2. The molecule has 0 atom stereocenters. The number of nitrogens with zero attached hydrogens (tertiary/aromatic N) is 2. The lowest BCUT2D eigenvalue weighted by Gasteiger charge is -2.21. The number of rotatable bonds is 4. The number of benzene rings is 1. The highest BCUT2D eigenvalue weighted by molar-refractivity contribution is 5.82. The Morgan fingerprint density at radius 3 is 2.47 bits per heavy atom. The van der Waals surface area contributed by atoms with Crippen molar-refractivity contribution in [2.45, 2.75) is 0 Å². The minimum absolute atomic E-state index is 0.0931. The van der Waals surface area contributed by atoms with Crippen LogP contribution in [-0.4, -0.2) is 44.8 Å². The molecule has 1 rings (SSSR count). The summed E-state index contributed by atoms with van der Waals surface area (Å²) in [5, 5.41) is 0. The third-order valence-electron chi connectivity index (χ3n) is 2.35. The van der Waals surface area contributed by atoms with Gasteiger partial charge in [0.25, 0.3) is 0 Å². The van der Waals surface area contributed by atoms with E-state index in [1.807, 2.05) is 0 Å². The van der Waals surface area contributed by atoms with E-state index in [2.05, 4.69) is 0 Å². The third-order valence-corrected chi connectivity index (χ3v) is 2.35. The summed E-state index contributed by atoms with van der Waals surface area (Å²) in [6, 6.07) is 3.98. The average Bonchev–Trinajstić information content (AvgIpc) is 2.27. The Kier molecular flexibility index (Phi) is 4.20. The summed E-state index contributed by atoms with van der Waals surface area (Å²) >= 11 is 0. The maximum Gasteiger partial charge on any atom is 0.241 e. The lowest BCUT2D eigenvalue weighted by atomic mass is 10.2. The molecule has 0 aliphatic rings. The van der Waals surface area contributed by atoms with Gasteiger partial charge in [-0.1, -0.05) is 0 Å². The minimum atomic E-state index is -0.492. The molecule has 17 heavy (non-hydrogen) atoms. The maximum absolute atomic E-state index is 13.2. The first-order valence-corrected chi connectivity index (χ1v) is 5.11. The van der Waals surface area contributed by atoms with E-state index in [1.54, 1.807) is 32.1 Å². The molecule has 1 aromatic rings. The fourth-order valence-electron chi connectivity index (χ4n) is 1.32. The zero-order valence-corrected chi connectivity index (χ0v) is 10.1. The van der Waals surface area contributed by atoms with Gasteiger partial charge in [0.1, 0.15) is 12.1 Å². The highest BCUT2D eigenvalue weighted by Crippen LogP contribution is 2.16. The number of halogens is 1. The van der Waals surface area contributed by atoms with Crippen LogP contribution in [0.2, 0.25) is 0 Å². The van der Waals surface area contributed by atoms with Crippen molar-refractivity contribution in [1.29, 1.82) is 0 Å². The zero-order chi connectivity index (χ0) is 13.0. The first-order chi connectivity index (χ1) is 7.93. The van der Waals surface area contributed by atoms with Crippen LogP contribution in [-0.2, 0) is 4.79 Å². The van der Waals surface area contributed by atoms with Gasteiger partial charge in [-0.2, -0.15) is 0 Å². The van der Waals surface area contributed by atoms with Gasteiger partial charge in [0, 0.05) is 32.4 Å². The van der Waals surface area contributed by atoms with Crippen LogP contribution in [0.5, 0.6) is 0 Å². The molecule has 4 nitrogen and oxygen atoms in total. The van der Waals surface area contributed by atoms with Gasteiger partial charge in [0.15, 0.2) is 0 Å². The minimum Gasteiger partial charge on any atom is -0.365 e. The Hall–Kier alpha value is -1.91. The Labute approximate surface area is 99.6 Å². The second kappa shape index (κ2) is 5.43. The van der Waals surface area contributed by atoms with Crippen LogP contribution in [0.15, 0.2) is 18.2 Å². The number of aldehydes is 1. The predicted molar refractivity (Wildman–Crippen MR) is 63.8 cm³/mol. The van der Waals surface area contributed by atoms with Crippen LogP contribution in [0.1, 0.15) is 10.4 Å². The predicted octanol–water partition coefficient (Wildman–Crippen LogP) is 1.16. The van der Waals surface area contributed by atoms with Gasteiger partial charge in [0.2, 0.25) is 5.91 Å². The van der Waals surface area contributed by atoms with Crippen molar-refractivity contribution >= 4 is 17.9 Å². The Morgan fingerprint density at radius 1 is 1.29 bits per heavy atom. The SMILES string of the molecule is CN(C)C(=O)CN(C)c1cc(F)cc(C=O)c1. The third kappa shape index (κ3) is 3.55. The topological polar surface area (TPSA) is 40.6 Å². The van der Waals surface area contributed by atoms with Crippen LogP contribution in [0.25, 0.3) is 0 Å². The molecule has 0 radical (unpaired) electrons. The number of likely N-dealkylation sites (N-methyl/N-ethyl adjacent to an activating group) is 2. The van der Waals surface area contributed by atoms with E-state index >= 15 is 0 Å². The molecule has 1 amide bonds. The van der Waals surface area contributed by atoms with Crippen LogP contribution in [0.4, 0.5) is 10.1 Å². The van der Waals surface area contributed by atoms with E-state index in [1.165, 1.54) is 11.0 Å². The highest BCUT2D eigenvalue weighted by atomic mass is 19.1. The summed E-state index contributed by atoms with van der Waals surface area (Å²) in [4.78, 5) is 25.1. The van der Waals surface area contributed by atoms with Gasteiger partial charge in [0.05, 0.1) is 6.54 Å². The fourth-order valence-corrected chi connectivity index (χ4v) is 1.32. The average molecular weight is 238 g/mol. The summed E-state index contributed by atoms with van der Waals surface area (Å²) in [6.45, 7) is 0.134. The van der Waals surface area contributed by atoms with Crippen LogP contribution < -0.4 is 4.90 Å². The van der Waals surface area contributed by atoms with Gasteiger partial charge in [-0.05, 0) is 18.2 Å². The molecular weight excluding hydrogens is 223 g/mol. The summed E-state index contributed by atoms with van der Waals surface area (Å²) in [5.74, 6) is -0.585. The summed E-state index contributed by atoms with van der Waals surface area (Å²) < 4.78 is 13.2. The zero-order valence-electron chi connectivity index (χ0n) is 10.1. The number of hydrogen-bond donors (Lipinski definition) is 0. The van der Waals surface area contributed by atoms with Crippen molar-refractivity contribution in [3.05, 3.63) is 29.6 Å². The normalized spacial score (nSPS) is 9.88. The number of carbonyl (C=O) groups excluding carboxylic acids is 2. The molecule has 0 heterocycles. The standard InChI is InChI=1S/C12H15FN2O2/c1-14(2)12(17)7-15(3)11-5-9(8-16)4-10(13)6-11/h4-6,8H,7H2,1-3H3. The van der Waals surface area contributed by atoms with Crippen molar-refractivity contribution in [3.63, 3.8) is 0 Å². The first kappa shape index (κ1) is 13.2. The van der Waals surface area contributed by atoms with Crippen LogP contribution in [0, 0.1) is 5.82 Å². The largest absolute Gasteiger partial charge is 0.365 e. The summed E-state index contributed by atoms with van der Waals surface area (Å²) in [7, 11) is 4.97. The number of amides is 1. The molecule has 0 bridgehead atoms. The Bertz CT molecular complexity index is 433. The van der Waals surface area contributed by atoms with E-state index in [0.717, 1.165) is 6.07 Å². The second-order valence-electron chi connectivity index (χ2n) is 4.00. The second-order valence-corrected chi connectivity index (χ2v) is 4.00. The summed E-state index contributed by atoms with van der Waals surface area (Å²) in [6.07, 6.45) is 0.578. The molecule has 92 valence electrons. The van der Waals surface area contributed by atoms with E-state index in [0.29, 0.717) is 12.0 Å². The molecule has 0 N–H and O–H groups in total. The van der Waals surface area contributed by atoms with Crippen molar-refractivity contribution in [3.8, 4) is 0 Å². The molecule has 0 spiro atoms. The lowest BCUT2D eigenvalue weighted by molar-refractivity contribution is -0.127. The van der Waals surface area contributed by atoms with E-state index in [4.69, 9.17) is 0 Å². The lowest BCUT2D eigenvalue weighted by Crippen LogP contribution is -2.34. The van der Waals surface area contributed by atoms with Crippen molar-refractivity contribution in [2.75, 3.05) is 32.6 Å². The quantitative estimate of drug-likeness (QED) is 0.739. The van der Waals surface area contributed by atoms with Crippen molar-refractivity contribution in [2.24, 2.45) is 0 Å². The fraction of sp³-hybridized carbons (Fsp3) is 0.333. The van der Waals surface area contributed by atoms with Crippen molar-refractivity contribution < 1.29 is 14.0 Å². The monoisotopic (exact) mass is 238 g/mol. The summed E-state index contributed by atoms with van der Waals surface area (Å²) in [5.41, 5.74) is 0.756. The van der Waals surface area contributed by atoms with Gasteiger partial charge in [-0.25, -0.2) is 4.39 Å². The van der Waals surface area contributed by atoms with Gasteiger partial charge >= 0.3 is 0 Å². The molecular formula is C12H15FN2O2. The molecule has 0 saturated carbocycles. The van der Waals surface area contributed by atoms with Gasteiger partial charge in [-0.15, -0.1) is 0 Å². The van der Waals surface area contributed by atoms with E-state index < -0.39 is 5.82 Å². The van der Waals surface area contributed by atoms with Gasteiger partial charge in [-0.3, -0.25) is 9.59 Å². The molecule has 0 aliphatic carbocycles. The van der Waals surface area contributed by atoms with Crippen LogP contribution >= 0.6 is 0 Å². The molecule has 0 unspecified atom stereocenters. The molecule has 0 saturated heterocycles. The number of hydrogen-bond acceptors (Lipinski definition) is 3. The Balaban J connectivity index is 2.88. The number of anilines is 1. The first-order valence-electron chi connectivity index (χ1n) is 5.11. The van der Waals surface area contributed by atoms with Crippen LogP contribution in [0.3, 0.4) is 0 Å². The van der Waals surface area contributed by atoms with E-state index in [9.17, 15) is 14.0 Å². The Morgan fingerprint density at radius 2 is 1.94 bits per heavy atom. The van der Waals surface area contributed by atoms with Gasteiger partial charge < -0.3 is 9.80 Å². The van der Waals surface area contributed by atoms with Crippen molar-refractivity contribution in [1.82, 2.24) is 4.90 Å². The molecule has 0 aliphatic heterocycles. The highest BCUT2D eigenvalue weighted by Gasteiger charge is 2.10. The number of carbonyl (C=O) groups is 2. The van der Waals surface area contributed by atoms with E-state index in [-0.39, 0.29) is 18.0 Å². The molecule has 0 aromatic heterocycles. The molecule has 1 aromatic carbocycles. The molecule has 0 fully saturated rings. The smallest absolute Gasteiger partial charge is 0.241 e.